The highest BCUT2D eigenvalue weighted by Gasteiger charge is 2.40. The summed E-state index contributed by atoms with van der Waals surface area (Å²) in [5.41, 5.74) is 5.96. The lowest BCUT2D eigenvalue weighted by Crippen LogP contribution is -2.58. The lowest BCUT2D eigenvalue weighted by atomic mass is 9.82. The average Bonchev–Trinajstić information content (AvgIpc) is 2.70. The summed E-state index contributed by atoms with van der Waals surface area (Å²) in [5.74, 6) is -1.67. The van der Waals surface area contributed by atoms with E-state index in [9.17, 15) is 23.2 Å². The normalized spacial score (nSPS) is 20.1. The van der Waals surface area contributed by atoms with E-state index >= 15 is 0 Å². The molecule has 1 saturated heterocycles. The number of alkyl halides is 2. The van der Waals surface area contributed by atoms with Gasteiger partial charge in [0.2, 0.25) is 5.91 Å². The topological polar surface area (TPSA) is 114 Å². The number of anilines is 2. The number of benzene rings is 1. The standard InChI is InChI=1S/C23H30F2N4O5/c24-23(25)34-18-11-16(28-9-10-33-13-19(28)30)7-8-17(18)27-22(32)20(21(26)31)29(15-5-2-6-15)12-14-3-1-4-14/h7-8,11,14-15,20,23H,1-6,9-10,12-13H2,(H2,26,31)(H,27,32)/t20-/m1/s1. The Morgan fingerprint density at radius 1 is 1.24 bits per heavy atom. The number of rotatable bonds is 10. The molecule has 2 saturated carbocycles. The van der Waals surface area contributed by atoms with Crippen LogP contribution in [0.15, 0.2) is 18.2 Å². The van der Waals surface area contributed by atoms with Crippen LogP contribution in [-0.4, -0.2) is 67.6 Å². The molecule has 0 bridgehead atoms. The van der Waals surface area contributed by atoms with Crippen LogP contribution in [-0.2, 0) is 19.1 Å². The first-order chi connectivity index (χ1) is 16.3. The highest BCUT2D eigenvalue weighted by atomic mass is 19.3. The largest absolute Gasteiger partial charge is 0.433 e. The molecule has 1 aromatic rings. The molecule has 0 unspecified atom stereocenters. The highest BCUT2D eigenvalue weighted by Crippen LogP contribution is 2.35. The summed E-state index contributed by atoms with van der Waals surface area (Å²) in [6.07, 6.45) is 6.00. The van der Waals surface area contributed by atoms with Crippen molar-refractivity contribution in [3.05, 3.63) is 18.2 Å². The predicted molar refractivity (Wildman–Crippen MR) is 120 cm³/mol. The third-order valence-electron chi connectivity index (χ3n) is 6.82. The summed E-state index contributed by atoms with van der Waals surface area (Å²) in [5, 5.41) is 2.56. The zero-order chi connectivity index (χ0) is 24.2. The molecule has 4 rings (SSSR count). The maximum absolute atomic E-state index is 13.2. The minimum Gasteiger partial charge on any atom is -0.433 e. The Kier molecular flexibility index (Phi) is 7.62. The van der Waals surface area contributed by atoms with Crippen LogP contribution in [0.3, 0.4) is 0 Å². The fourth-order valence-electron chi connectivity index (χ4n) is 4.57. The number of ether oxygens (including phenoxy) is 2. The van der Waals surface area contributed by atoms with Gasteiger partial charge in [-0.05, 0) is 43.7 Å². The molecule has 0 spiro atoms. The molecule has 3 amide bonds. The van der Waals surface area contributed by atoms with E-state index in [0.717, 1.165) is 38.5 Å². The van der Waals surface area contributed by atoms with Crippen LogP contribution in [0.2, 0.25) is 0 Å². The molecular formula is C23H30F2N4O5. The monoisotopic (exact) mass is 480 g/mol. The number of nitrogens with zero attached hydrogens (tertiary/aromatic N) is 2. The summed E-state index contributed by atoms with van der Waals surface area (Å²) >= 11 is 0. The third kappa shape index (κ3) is 5.47. The maximum atomic E-state index is 13.2. The Bertz CT molecular complexity index is 923. The summed E-state index contributed by atoms with van der Waals surface area (Å²) in [6, 6.07) is 3.04. The molecule has 34 heavy (non-hydrogen) atoms. The Hall–Kier alpha value is -2.79. The van der Waals surface area contributed by atoms with Crippen molar-refractivity contribution in [3.63, 3.8) is 0 Å². The number of halogens is 2. The molecule has 1 heterocycles. The van der Waals surface area contributed by atoms with Gasteiger partial charge in [-0.1, -0.05) is 12.8 Å². The van der Waals surface area contributed by atoms with Crippen molar-refractivity contribution in [2.24, 2.45) is 11.7 Å². The smallest absolute Gasteiger partial charge is 0.387 e. The van der Waals surface area contributed by atoms with Crippen molar-refractivity contribution in [2.45, 2.75) is 57.2 Å². The number of amides is 3. The van der Waals surface area contributed by atoms with E-state index in [1.54, 1.807) is 0 Å². The van der Waals surface area contributed by atoms with E-state index in [0.29, 0.717) is 24.8 Å². The molecule has 186 valence electrons. The van der Waals surface area contributed by atoms with Gasteiger partial charge >= 0.3 is 6.61 Å². The molecule has 3 fully saturated rings. The van der Waals surface area contributed by atoms with Gasteiger partial charge in [0.25, 0.3) is 11.8 Å². The van der Waals surface area contributed by atoms with Gasteiger partial charge in [-0.15, -0.1) is 0 Å². The van der Waals surface area contributed by atoms with E-state index in [1.807, 2.05) is 4.90 Å². The average molecular weight is 481 g/mol. The van der Waals surface area contributed by atoms with Crippen LogP contribution in [0.1, 0.15) is 38.5 Å². The second-order valence-electron chi connectivity index (χ2n) is 9.03. The third-order valence-corrected chi connectivity index (χ3v) is 6.82. The van der Waals surface area contributed by atoms with Gasteiger partial charge in [0.15, 0.2) is 11.8 Å². The molecule has 1 aromatic carbocycles. The van der Waals surface area contributed by atoms with Crippen molar-refractivity contribution >= 4 is 29.1 Å². The minimum atomic E-state index is -3.15. The van der Waals surface area contributed by atoms with Gasteiger partial charge in [-0.3, -0.25) is 19.3 Å². The van der Waals surface area contributed by atoms with E-state index < -0.39 is 24.5 Å². The number of morpholine rings is 1. The van der Waals surface area contributed by atoms with Gasteiger partial charge in [-0.2, -0.15) is 8.78 Å². The molecule has 9 nitrogen and oxygen atoms in total. The number of nitrogens with one attached hydrogen (secondary N) is 1. The summed E-state index contributed by atoms with van der Waals surface area (Å²) < 4.78 is 36.0. The van der Waals surface area contributed by atoms with Crippen molar-refractivity contribution in [1.82, 2.24) is 4.90 Å². The molecule has 0 aromatic heterocycles. The van der Waals surface area contributed by atoms with E-state index in [1.165, 1.54) is 23.1 Å². The highest BCUT2D eigenvalue weighted by molar-refractivity contribution is 6.10. The van der Waals surface area contributed by atoms with Crippen LogP contribution < -0.4 is 20.7 Å². The predicted octanol–water partition coefficient (Wildman–Crippen LogP) is 2.10. The van der Waals surface area contributed by atoms with Crippen molar-refractivity contribution in [1.29, 1.82) is 0 Å². The lowest BCUT2D eigenvalue weighted by Gasteiger charge is -2.43. The van der Waals surface area contributed by atoms with Gasteiger partial charge in [0.1, 0.15) is 6.61 Å². The Morgan fingerprint density at radius 3 is 2.53 bits per heavy atom. The first-order valence-corrected chi connectivity index (χ1v) is 11.7. The second kappa shape index (κ2) is 10.6. The molecule has 3 aliphatic rings. The van der Waals surface area contributed by atoms with E-state index in [-0.39, 0.29) is 36.5 Å². The summed E-state index contributed by atoms with van der Waals surface area (Å²) in [7, 11) is 0. The minimum absolute atomic E-state index is 0.0294. The van der Waals surface area contributed by atoms with Crippen LogP contribution in [0.4, 0.5) is 20.2 Å². The van der Waals surface area contributed by atoms with Crippen molar-refractivity contribution in [3.8, 4) is 5.75 Å². The zero-order valence-electron chi connectivity index (χ0n) is 18.9. The van der Waals surface area contributed by atoms with E-state index in [2.05, 4.69) is 10.1 Å². The number of hydrogen-bond donors (Lipinski definition) is 2. The van der Waals surface area contributed by atoms with Crippen LogP contribution in [0.25, 0.3) is 0 Å². The summed E-state index contributed by atoms with van der Waals surface area (Å²) in [4.78, 5) is 41.0. The molecule has 2 aliphatic carbocycles. The Balaban J connectivity index is 1.56. The molecule has 1 aliphatic heterocycles. The second-order valence-corrected chi connectivity index (χ2v) is 9.03. The summed E-state index contributed by atoms with van der Waals surface area (Å²) in [6.45, 7) is -2.08. The number of nitrogens with two attached hydrogens (primary N) is 1. The fourth-order valence-corrected chi connectivity index (χ4v) is 4.57. The molecule has 11 heteroatoms. The first kappa shape index (κ1) is 24.3. The van der Waals surface area contributed by atoms with Crippen LogP contribution >= 0.6 is 0 Å². The first-order valence-electron chi connectivity index (χ1n) is 11.7. The van der Waals surface area contributed by atoms with Crippen molar-refractivity contribution in [2.75, 3.05) is 36.5 Å². The number of primary amides is 1. The number of carbonyl (C=O) groups excluding carboxylic acids is 3. The lowest BCUT2D eigenvalue weighted by molar-refractivity contribution is -0.135. The number of carbonyl (C=O) groups is 3. The van der Waals surface area contributed by atoms with Crippen molar-refractivity contribution < 1.29 is 32.6 Å². The maximum Gasteiger partial charge on any atom is 0.387 e. The molecule has 1 atom stereocenters. The Morgan fingerprint density at radius 2 is 1.97 bits per heavy atom. The molecular weight excluding hydrogens is 450 g/mol. The van der Waals surface area contributed by atoms with Gasteiger partial charge in [0, 0.05) is 30.9 Å². The van der Waals surface area contributed by atoms with Gasteiger partial charge in [0.05, 0.1) is 12.3 Å². The van der Waals surface area contributed by atoms with Crippen LogP contribution in [0, 0.1) is 5.92 Å². The Labute approximate surface area is 196 Å². The number of hydrogen-bond acceptors (Lipinski definition) is 6. The fraction of sp³-hybridized carbons (Fsp3) is 0.609. The quantitative estimate of drug-likeness (QED) is 0.496. The zero-order valence-corrected chi connectivity index (χ0v) is 18.9. The van der Waals surface area contributed by atoms with Gasteiger partial charge < -0.3 is 25.4 Å². The van der Waals surface area contributed by atoms with Crippen LogP contribution in [0.5, 0.6) is 5.75 Å². The SMILES string of the molecule is NC(=O)[C@H](C(=O)Nc1ccc(N2CCOCC2=O)cc1OC(F)F)N(CC1CCC1)C1CCC1. The van der Waals surface area contributed by atoms with Gasteiger partial charge in [-0.25, -0.2) is 0 Å². The van der Waals surface area contributed by atoms with E-state index in [4.69, 9.17) is 10.5 Å². The molecule has 3 N–H and O–H groups in total. The molecule has 0 radical (unpaired) electrons.